The number of aliphatic hydroxyl groups excluding tert-OH is 1. The summed E-state index contributed by atoms with van der Waals surface area (Å²) in [6.45, 7) is 4.81. The van der Waals surface area contributed by atoms with Crippen molar-refractivity contribution in [3.05, 3.63) is 101 Å². The molecular weight excluding hydrogens is 490 g/mol. The Morgan fingerprint density at radius 3 is 2.46 bits per heavy atom. The predicted molar refractivity (Wildman–Crippen MR) is 150 cm³/mol. The van der Waals surface area contributed by atoms with Crippen LogP contribution in [0.15, 0.2) is 78.0 Å². The molecule has 198 valence electrons. The first-order chi connectivity index (χ1) is 18.9. The second-order valence-corrected chi connectivity index (χ2v) is 11.3. The van der Waals surface area contributed by atoms with Crippen LogP contribution in [0.1, 0.15) is 65.7 Å². The second kappa shape index (κ2) is 9.07. The Hall–Kier alpha value is -3.94. The SMILES string of the molecule is CC1(C)CCC2C3=C(ON21)c1ccccc1C(=O)N(CC1CC(c2ccc(CO)cc2)=NO1)c1ccccc13. The van der Waals surface area contributed by atoms with Crippen LogP contribution in [0.5, 0.6) is 0 Å². The Morgan fingerprint density at radius 2 is 1.69 bits per heavy atom. The number of anilines is 1. The number of para-hydroxylation sites is 1. The van der Waals surface area contributed by atoms with Crippen molar-refractivity contribution in [1.82, 2.24) is 5.06 Å². The number of aliphatic hydroxyl groups is 1. The lowest BCUT2D eigenvalue weighted by molar-refractivity contribution is -0.133. The van der Waals surface area contributed by atoms with E-state index < -0.39 is 0 Å². The molecule has 4 aliphatic rings. The Bertz CT molecular complexity index is 1520. The molecule has 2 unspecified atom stereocenters. The molecule has 4 heterocycles. The monoisotopic (exact) mass is 521 g/mol. The third-order valence-corrected chi connectivity index (χ3v) is 8.40. The van der Waals surface area contributed by atoms with Crippen molar-refractivity contribution in [2.75, 3.05) is 11.4 Å². The molecule has 7 rings (SSSR count). The molecule has 3 aromatic carbocycles. The van der Waals surface area contributed by atoms with E-state index in [0.717, 1.165) is 57.8 Å². The lowest BCUT2D eigenvalue weighted by Crippen LogP contribution is -2.40. The lowest BCUT2D eigenvalue weighted by Gasteiger charge is -2.30. The van der Waals surface area contributed by atoms with Crippen LogP contribution in [0.3, 0.4) is 0 Å². The Labute approximate surface area is 227 Å². The van der Waals surface area contributed by atoms with E-state index >= 15 is 0 Å². The summed E-state index contributed by atoms with van der Waals surface area (Å²) < 4.78 is 0. The molecule has 1 saturated heterocycles. The van der Waals surface area contributed by atoms with Gasteiger partial charge in [0.15, 0.2) is 11.9 Å². The highest BCUT2D eigenvalue weighted by atomic mass is 16.7. The molecule has 3 aromatic rings. The number of hydrogen-bond donors (Lipinski definition) is 1. The minimum absolute atomic E-state index is 0.00311. The van der Waals surface area contributed by atoms with Gasteiger partial charge in [-0.3, -0.25) is 4.79 Å². The first-order valence-corrected chi connectivity index (χ1v) is 13.6. The normalized spacial score (nSPS) is 23.2. The van der Waals surface area contributed by atoms with Crippen LogP contribution >= 0.6 is 0 Å². The van der Waals surface area contributed by atoms with Crippen LogP contribution in [0.2, 0.25) is 0 Å². The van der Waals surface area contributed by atoms with E-state index in [-0.39, 0.29) is 30.2 Å². The van der Waals surface area contributed by atoms with Gasteiger partial charge in [0.2, 0.25) is 0 Å². The molecule has 1 amide bonds. The fourth-order valence-electron chi connectivity index (χ4n) is 6.33. The van der Waals surface area contributed by atoms with Gasteiger partial charge < -0.3 is 19.7 Å². The van der Waals surface area contributed by atoms with Crippen molar-refractivity contribution in [1.29, 1.82) is 0 Å². The molecule has 7 heteroatoms. The molecule has 0 radical (unpaired) electrons. The summed E-state index contributed by atoms with van der Waals surface area (Å²) in [5.41, 5.74) is 7.05. The standard InChI is InChI=1S/C32H31N3O4/c1-32(2)16-15-28-29-25-9-5-6-10-27(25)34(31(37)24-8-4-3-7-23(24)30(29)39-35(28)32)18-22-17-26(33-38-22)21-13-11-20(19-36)12-14-21/h3-14,22,28,36H,15-19H2,1-2H3. The zero-order valence-corrected chi connectivity index (χ0v) is 22.1. The van der Waals surface area contributed by atoms with Crippen molar-refractivity contribution in [3.63, 3.8) is 0 Å². The highest BCUT2D eigenvalue weighted by Gasteiger charge is 2.51. The smallest absolute Gasteiger partial charge is 0.259 e. The molecule has 0 aromatic heterocycles. The van der Waals surface area contributed by atoms with E-state index in [0.29, 0.717) is 18.5 Å². The van der Waals surface area contributed by atoms with Gasteiger partial charge in [-0.15, -0.1) is 5.06 Å². The maximum absolute atomic E-state index is 14.2. The second-order valence-electron chi connectivity index (χ2n) is 11.3. The van der Waals surface area contributed by atoms with Crippen molar-refractivity contribution >= 4 is 28.6 Å². The van der Waals surface area contributed by atoms with Crippen LogP contribution in [0, 0.1) is 0 Å². The van der Waals surface area contributed by atoms with Gasteiger partial charge in [-0.25, -0.2) is 0 Å². The van der Waals surface area contributed by atoms with E-state index in [1.807, 2.05) is 71.6 Å². The summed E-state index contributed by atoms with van der Waals surface area (Å²) in [4.78, 5) is 28.6. The number of hydrogen-bond acceptors (Lipinski definition) is 6. The first kappa shape index (κ1) is 24.1. The topological polar surface area (TPSA) is 74.6 Å². The highest BCUT2D eigenvalue weighted by Crippen LogP contribution is 2.52. The molecule has 7 nitrogen and oxygen atoms in total. The van der Waals surface area contributed by atoms with Crippen LogP contribution < -0.4 is 4.90 Å². The average Bonchev–Trinajstić information content (AvgIpc) is 3.66. The first-order valence-electron chi connectivity index (χ1n) is 13.6. The number of carbonyl (C=O) groups excluding carboxylic acids is 1. The van der Waals surface area contributed by atoms with Gasteiger partial charge in [0.05, 0.1) is 41.7 Å². The third-order valence-electron chi connectivity index (χ3n) is 8.40. The number of nitrogens with zero attached hydrogens (tertiary/aromatic N) is 3. The molecule has 2 atom stereocenters. The minimum Gasteiger partial charge on any atom is -0.404 e. The summed E-state index contributed by atoms with van der Waals surface area (Å²) in [6.07, 6.45) is 2.34. The van der Waals surface area contributed by atoms with Gasteiger partial charge in [-0.1, -0.05) is 65.8 Å². The van der Waals surface area contributed by atoms with Gasteiger partial charge in [0, 0.05) is 23.1 Å². The van der Waals surface area contributed by atoms with Gasteiger partial charge in [-0.05, 0) is 49.9 Å². The third kappa shape index (κ3) is 3.87. The van der Waals surface area contributed by atoms with E-state index in [9.17, 15) is 9.90 Å². The molecule has 0 aliphatic carbocycles. The fraction of sp³-hybridized carbons (Fsp3) is 0.312. The largest absolute Gasteiger partial charge is 0.404 e. The maximum Gasteiger partial charge on any atom is 0.259 e. The van der Waals surface area contributed by atoms with E-state index in [1.54, 1.807) is 0 Å². The van der Waals surface area contributed by atoms with Crippen molar-refractivity contribution in [3.8, 4) is 0 Å². The van der Waals surface area contributed by atoms with Gasteiger partial charge in [0.1, 0.15) is 0 Å². The number of rotatable bonds is 4. The zero-order valence-electron chi connectivity index (χ0n) is 22.1. The van der Waals surface area contributed by atoms with Crippen molar-refractivity contribution < 1.29 is 19.6 Å². The van der Waals surface area contributed by atoms with E-state index in [4.69, 9.17) is 9.68 Å². The number of benzene rings is 3. The fourth-order valence-corrected chi connectivity index (χ4v) is 6.33. The number of hydroxylamine groups is 2. The van der Waals surface area contributed by atoms with Crippen LogP contribution in [0.25, 0.3) is 11.3 Å². The molecule has 0 bridgehead atoms. The molecule has 1 N–H and O–H groups in total. The van der Waals surface area contributed by atoms with Crippen molar-refractivity contribution in [2.45, 2.75) is 57.4 Å². The maximum atomic E-state index is 14.2. The summed E-state index contributed by atoms with van der Waals surface area (Å²) in [7, 11) is 0. The highest BCUT2D eigenvalue weighted by molar-refractivity contribution is 6.14. The van der Waals surface area contributed by atoms with Crippen LogP contribution in [-0.4, -0.2) is 46.0 Å². The lowest BCUT2D eigenvalue weighted by atomic mass is 9.89. The van der Waals surface area contributed by atoms with E-state index in [1.165, 1.54) is 0 Å². The number of amides is 1. The molecular formula is C32H31N3O4. The minimum atomic E-state index is -0.281. The summed E-state index contributed by atoms with van der Waals surface area (Å²) in [5, 5.41) is 15.9. The summed E-state index contributed by atoms with van der Waals surface area (Å²) >= 11 is 0. The van der Waals surface area contributed by atoms with Crippen LogP contribution in [0.4, 0.5) is 5.69 Å². The number of fused-ring (bicyclic) bond motifs is 6. The molecule has 0 spiro atoms. The Morgan fingerprint density at radius 1 is 0.974 bits per heavy atom. The average molecular weight is 522 g/mol. The number of oxime groups is 1. The van der Waals surface area contributed by atoms with Gasteiger partial charge in [0.25, 0.3) is 5.91 Å². The Balaban J connectivity index is 1.27. The zero-order chi connectivity index (χ0) is 26.7. The van der Waals surface area contributed by atoms with Gasteiger partial charge in [-0.2, -0.15) is 0 Å². The number of carbonyl (C=O) groups is 1. The van der Waals surface area contributed by atoms with Crippen LogP contribution in [-0.2, 0) is 16.3 Å². The predicted octanol–water partition coefficient (Wildman–Crippen LogP) is 5.39. The summed E-state index contributed by atoms with van der Waals surface area (Å²) in [5.74, 6) is 0.710. The van der Waals surface area contributed by atoms with E-state index in [2.05, 4.69) is 30.1 Å². The molecule has 4 aliphatic heterocycles. The Kier molecular flexibility index (Phi) is 5.61. The molecule has 39 heavy (non-hydrogen) atoms. The van der Waals surface area contributed by atoms with Crippen molar-refractivity contribution in [2.24, 2.45) is 5.16 Å². The summed E-state index contributed by atoms with van der Waals surface area (Å²) in [6, 6.07) is 23.7. The molecule has 1 fully saturated rings. The molecule has 0 saturated carbocycles. The van der Waals surface area contributed by atoms with Gasteiger partial charge >= 0.3 is 0 Å². The quantitative estimate of drug-likeness (QED) is 0.498.